The second kappa shape index (κ2) is 9.56. The number of fused-ring (bicyclic) bond motifs is 1. The van der Waals surface area contributed by atoms with Gasteiger partial charge < -0.3 is 14.8 Å². The number of nitrogens with zero attached hydrogens (tertiary/aromatic N) is 4. The molecule has 5 rings (SSSR count). The van der Waals surface area contributed by atoms with Gasteiger partial charge >= 0.3 is 0 Å². The van der Waals surface area contributed by atoms with Crippen LogP contribution in [0.2, 0.25) is 0 Å². The lowest BCUT2D eigenvalue weighted by atomic mass is 10.1. The van der Waals surface area contributed by atoms with Crippen LogP contribution in [0.3, 0.4) is 0 Å². The summed E-state index contributed by atoms with van der Waals surface area (Å²) >= 11 is 0. The predicted octanol–water partition coefficient (Wildman–Crippen LogP) is 3.79. The van der Waals surface area contributed by atoms with Crippen LogP contribution in [0, 0.1) is 0 Å². The van der Waals surface area contributed by atoms with Crippen molar-refractivity contribution in [3.8, 4) is 16.9 Å². The fraction of sp³-hybridized carbons (Fsp3) is 0.308. The minimum atomic E-state index is -2.84. The Morgan fingerprint density at radius 3 is 2.41 bits per heavy atom. The summed E-state index contributed by atoms with van der Waals surface area (Å²) < 4.78 is 25.5. The van der Waals surface area contributed by atoms with Crippen LogP contribution in [0.25, 0.3) is 28.0 Å². The molecule has 8 heteroatoms. The Morgan fingerprint density at radius 1 is 0.971 bits per heavy atom. The molecule has 7 nitrogen and oxygen atoms in total. The first-order valence-corrected chi connectivity index (χ1v) is 13.5. The number of sulfone groups is 1. The van der Waals surface area contributed by atoms with Crippen molar-refractivity contribution in [2.45, 2.75) is 12.8 Å². The maximum atomic E-state index is 11.7. The highest BCUT2D eigenvalue weighted by molar-refractivity contribution is 7.91. The number of aryl methyl sites for hydroxylation is 1. The summed E-state index contributed by atoms with van der Waals surface area (Å²) in [5.41, 5.74) is 6.29. The first kappa shape index (κ1) is 22.6. The Bertz CT molecular complexity index is 1370. The van der Waals surface area contributed by atoms with Crippen molar-refractivity contribution < 1.29 is 8.42 Å². The van der Waals surface area contributed by atoms with Crippen LogP contribution < -0.4 is 5.32 Å². The highest BCUT2D eigenvalue weighted by atomic mass is 32.2. The van der Waals surface area contributed by atoms with Crippen LogP contribution in [-0.4, -0.2) is 66.0 Å². The van der Waals surface area contributed by atoms with Crippen LogP contribution in [-0.2, 0) is 16.3 Å². The molecule has 4 heterocycles. The fourth-order valence-electron chi connectivity index (χ4n) is 4.51. The highest BCUT2D eigenvalue weighted by Gasteiger charge is 2.21. The van der Waals surface area contributed by atoms with E-state index in [1.807, 2.05) is 19.2 Å². The van der Waals surface area contributed by atoms with Crippen molar-refractivity contribution in [3.63, 3.8) is 0 Å². The van der Waals surface area contributed by atoms with Gasteiger partial charge in [-0.25, -0.2) is 13.4 Å². The van der Waals surface area contributed by atoms with Gasteiger partial charge in [-0.15, -0.1) is 0 Å². The molecular formula is C26H29N5O2S. The summed E-state index contributed by atoms with van der Waals surface area (Å²) in [4.78, 5) is 11.5. The van der Waals surface area contributed by atoms with Crippen molar-refractivity contribution in [2.24, 2.45) is 0 Å². The second-order valence-corrected chi connectivity index (χ2v) is 11.0. The van der Waals surface area contributed by atoms with E-state index in [-0.39, 0.29) is 11.5 Å². The molecule has 1 N–H and O–H groups in total. The van der Waals surface area contributed by atoms with Crippen LogP contribution in [0.15, 0.2) is 67.1 Å². The third kappa shape index (κ3) is 4.83. The zero-order valence-corrected chi connectivity index (χ0v) is 20.1. The van der Waals surface area contributed by atoms with E-state index in [1.165, 1.54) is 5.56 Å². The Balaban J connectivity index is 1.42. The van der Waals surface area contributed by atoms with Gasteiger partial charge in [0.05, 0.1) is 22.9 Å². The lowest BCUT2D eigenvalue weighted by Gasteiger charge is -2.26. The number of aromatic nitrogens is 3. The number of hydrogen-bond donors (Lipinski definition) is 1. The van der Waals surface area contributed by atoms with Crippen molar-refractivity contribution >= 4 is 26.6 Å². The monoisotopic (exact) mass is 475 g/mol. The molecule has 4 aromatic rings. The molecule has 0 saturated carbocycles. The number of hydrogen-bond acceptors (Lipinski definition) is 6. The predicted molar refractivity (Wildman–Crippen MR) is 137 cm³/mol. The number of rotatable bonds is 7. The summed E-state index contributed by atoms with van der Waals surface area (Å²) in [7, 11) is -0.930. The Kier molecular flexibility index (Phi) is 6.34. The molecule has 1 aliphatic heterocycles. The van der Waals surface area contributed by atoms with Gasteiger partial charge in [0.1, 0.15) is 5.65 Å². The maximum Gasteiger partial charge on any atom is 0.152 e. The molecule has 3 aromatic heterocycles. The minimum Gasteiger partial charge on any atom is -0.388 e. The van der Waals surface area contributed by atoms with Crippen LogP contribution >= 0.6 is 0 Å². The number of benzene rings is 1. The van der Waals surface area contributed by atoms with Crippen molar-refractivity contribution in [2.75, 3.05) is 43.5 Å². The van der Waals surface area contributed by atoms with Crippen LogP contribution in [0.1, 0.15) is 12.0 Å². The third-order valence-electron chi connectivity index (χ3n) is 6.50. The second-order valence-electron chi connectivity index (χ2n) is 8.72. The van der Waals surface area contributed by atoms with E-state index in [0.29, 0.717) is 13.1 Å². The van der Waals surface area contributed by atoms with Gasteiger partial charge in [0.25, 0.3) is 0 Å². The molecule has 0 radical (unpaired) electrons. The molecule has 0 amide bonds. The Morgan fingerprint density at radius 2 is 1.71 bits per heavy atom. The SMILES string of the molecule is CNc1ccc(-c2ccc3c(CCCN4CCS(=O)(=O)CC4)cn(-c4ccncc4)c3n2)cc1. The lowest BCUT2D eigenvalue weighted by molar-refractivity contribution is 0.292. The molecule has 0 unspecified atom stereocenters. The summed E-state index contributed by atoms with van der Waals surface area (Å²) in [6.45, 7) is 2.18. The lowest BCUT2D eigenvalue weighted by Crippen LogP contribution is -2.40. The van der Waals surface area contributed by atoms with Gasteiger partial charge in [-0.3, -0.25) is 4.98 Å². The van der Waals surface area contributed by atoms with E-state index in [9.17, 15) is 8.42 Å². The normalized spacial score (nSPS) is 16.0. The fourth-order valence-corrected chi connectivity index (χ4v) is 5.78. The molecular weight excluding hydrogens is 446 g/mol. The zero-order chi connectivity index (χ0) is 23.5. The number of nitrogens with one attached hydrogen (secondary N) is 1. The average Bonchev–Trinajstić information content (AvgIpc) is 3.23. The Hall–Kier alpha value is -3.23. The van der Waals surface area contributed by atoms with Gasteiger partial charge in [0.2, 0.25) is 0 Å². The Labute approximate surface area is 200 Å². The molecule has 0 atom stereocenters. The third-order valence-corrected chi connectivity index (χ3v) is 8.11. The molecule has 0 bridgehead atoms. The quantitative estimate of drug-likeness (QED) is 0.438. The van der Waals surface area contributed by atoms with E-state index in [4.69, 9.17) is 4.98 Å². The van der Waals surface area contributed by atoms with Crippen LogP contribution in [0.4, 0.5) is 5.69 Å². The van der Waals surface area contributed by atoms with Gasteiger partial charge in [-0.1, -0.05) is 12.1 Å². The van der Waals surface area contributed by atoms with Crippen molar-refractivity contribution in [1.82, 2.24) is 19.4 Å². The maximum absolute atomic E-state index is 11.7. The summed E-state index contributed by atoms with van der Waals surface area (Å²) in [6.07, 6.45) is 7.66. The van der Waals surface area contributed by atoms with E-state index in [1.54, 1.807) is 12.4 Å². The van der Waals surface area contributed by atoms with Gasteiger partial charge in [0, 0.05) is 55.4 Å². The number of anilines is 1. The average molecular weight is 476 g/mol. The smallest absolute Gasteiger partial charge is 0.152 e. The molecule has 1 fully saturated rings. The van der Waals surface area contributed by atoms with E-state index >= 15 is 0 Å². The van der Waals surface area contributed by atoms with Gasteiger partial charge in [-0.2, -0.15) is 0 Å². The van der Waals surface area contributed by atoms with E-state index in [0.717, 1.165) is 53.1 Å². The van der Waals surface area contributed by atoms with E-state index < -0.39 is 9.84 Å². The molecule has 34 heavy (non-hydrogen) atoms. The molecule has 1 aromatic carbocycles. The van der Waals surface area contributed by atoms with Gasteiger partial charge in [0.15, 0.2) is 9.84 Å². The van der Waals surface area contributed by atoms with Crippen LogP contribution in [0.5, 0.6) is 0 Å². The number of pyridine rings is 2. The first-order valence-electron chi connectivity index (χ1n) is 11.6. The van der Waals surface area contributed by atoms with E-state index in [2.05, 4.69) is 62.4 Å². The van der Waals surface area contributed by atoms with Gasteiger partial charge in [-0.05, 0) is 61.3 Å². The molecule has 176 valence electrons. The summed E-state index contributed by atoms with van der Waals surface area (Å²) in [5.74, 6) is 0.548. The molecule has 1 aliphatic rings. The minimum absolute atomic E-state index is 0.274. The molecule has 0 aliphatic carbocycles. The largest absolute Gasteiger partial charge is 0.388 e. The highest BCUT2D eigenvalue weighted by Crippen LogP contribution is 2.28. The van der Waals surface area contributed by atoms with Crippen molar-refractivity contribution in [1.29, 1.82) is 0 Å². The summed E-state index contributed by atoms with van der Waals surface area (Å²) in [5, 5.41) is 4.30. The zero-order valence-electron chi connectivity index (χ0n) is 19.3. The standard InChI is InChI=1S/C26H29N5O2S/c1-27-22-6-4-20(5-7-22)25-9-8-24-21(3-2-14-30-15-17-34(32,33)18-16-30)19-31(26(24)29-25)23-10-12-28-13-11-23/h4-13,19,27H,2-3,14-18H2,1H3. The van der Waals surface area contributed by atoms with Crippen molar-refractivity contribution in [3.05, 3.63) is 72.7 Å². The topological polar surface area (TPSA) is 80.1 Å². The summed E-state index contributed by atoms with van der Waals surface area (Å²) in [6, 6.07) is 16.5. The first-order chi connectivity index (χ1) is 16.5. The molecule has 0 spiro atoms. The molecule has 1 saturated heterocycles.